The van der Waals surface area contributed by atoms with Gasteiger partial charge in [0.2, 0.25) is 0 Å². The molecule has 1 aromatic rings. The molecule has 0 bridgehead atoms. The van der Waals surface area contributed by atoms with Crippen molar-refractivity contribution in [1.29, 1.82) is 0 Å². The van der Waals surface area contributed by atoms with E-state index in [0.717, 1.165) is 19.3 Å². The highest BCUT2D eigenvalue weighted by atomic mass is 35.5. The molecule has 0 fully saturated rings. The summed E-state index contributed by atoms with van der Waals surface area (Å²) in [6, 6.07) is 3.21. The molecule has 1 aromatic heterocycles. The zero-order valence-electron chi connectivity index (χ0n) is 13.3. The molecule has 0 aliphatic heterocycles. The Hall–Kier alpha value is -1.62. The molecule has 0 saturated carbocycles. The molecule has 0 spiro atoms. The van der Waals surface area contributed by atoms with Crippen LogP contribution in [0.3, 0.4) is 0 Å². The average Bonchev–Trinajstić information content (AvgIpc) is 2.41. The van der Waals surface area contributed by atoms with Gasteiger partial charge >= 0.3 is 5.97 Å². The van der Waals surface area contributed by atoms with Gasteiger partial charge in [-0.3, -0.25) is 9.59 Å². The maximum atomic E-state index is 11.8. The molecule has 0 aromatic carbocycles. The van der Waals surface area contributed by atoms with Gasteiger partial charge < -0.3 is 10.1 Å². The summed E-state index contributed by atoms with van der Waals surface area (Å²) in [5.74, 6) is -0.347. The number of carbonyl (C=O) groups excluding carboxylic acids is 2. The highest BCUT2D eigenvalue weighted by molar-refractivity contribution is 6.29. The standard InChI is InChI=1S/C16H23ClN2O3/c1-16(2,3)22-14(20)7-5-4-6-10-18-15(21)12-8-9-13(17)19-11-12/h8-9,11H,4-7,10H2,1-3H3,(H,18,21). The van der Waals surface area contributed by atoms with Gasteiger partial charge in [-0.25, -0.2) is 4.98 Å². The molecular formula is C16H23ClN2O3. The fourth-order valence-electron chi connectivity index (χ4n) is 1.78. The van der Waals surface area contributed by atoms with Crippen LogP contribution in [0, 0.1) is 0 Å². The third kappa shape index (κ3) is 7.98. The van der Waals surface area contributed by atoms with Crippen LogP contribution in [0.1, 0.15) is 56.8 Å². The Balaban J connectivity index is 2.12. The highest BCUT2D eigenvalue weighted by Gasteiger charge is 2.15. The molecule has 0 unspecified atom stereocenters. The lowest BCUT2D eigenvalue weighted by Crippen LogP contribution is -2.25. The van der Waals surface area contributed by atoms with Gasteiger partial charge in [-0.15, -0.1) is 0 Å². The number of hydrogen-bond acceptors (Lipinski definition) is 4. The van der Waals surface area contributed by atoms with Crippen LogP contribution in [0.25, 0.3) is 0 Å². The molecule has 1 rings (SSSR count). The minimum atomic E-state index is -0.433. The summed E-state index contributed by atoms with van der Waals surface area (Å²) < 4.78 is 5.22. The van der Waals surface area contributed by atoms with Crippen molar-refractivity contribution in [3.05, 3.63) is 29.0 Å². The zero-order chi connectivity index (χ0) is 16.6. The van der Waals surface area contributed by atoms with Crippen molar-refractivity contribution in [2.45, 2.75) is 52.1 Å². The van der Waals surface area contributed by atoms with Crippen molar-refractivity contribution < 1.29 is 14.3 Å². The van der Waals surface area contributed by atoms with Crippen LogP contribution in [-0.2, 0) is 9.53 Å². The Bertz CT molecular complexity index is 495. The van der Waals surface area contributed by atoms with Crippen molar-refractivity contribution >= 4 is 23.5 Å². The number of unbranched alkanes of at least 4 members (excludes halogenated alkanes) is 2. The largest absolute Gasteiger partial charge is 0.460 e. The smallest absolute Gasteiger partial charge is 0.306 e. The van der Waals surface area contributed by atoms with Crippen LogP contribution >= 0.6 is 11.6 Å². The van der Waals surface area contributed by atoms with Gasteiger partial charge in [0.25, 0.3) is 5.91 Å². The first-order valence-corrected chi connectivity index (χ1v) is 7.77. The number of halogens is 1. The number of aromatic nitrogens is 1. The molecule has 1 amide bonds. The Morgan fingerprint density at radius 1 is 1.23 bits per heavy atom. The van der Waals surface area contributed by atoms with Crippen LogP contribution in [-0.4, -0.2) is 29.0 Å². The zero-order valence-corrected chi connectivity index (χ0v) is 14.1. The summed E-state index contributed by atoms with van der Waals surface area (Å²) in [6.45, 7) is 6.12. The molecule has 0 atom stereocenters. The summed E-state index contributed by atoms with van der Waals surface area (Å²) in [5.41, 5.74) is 0.0515. The molecule has 122 valence electrons. The number of carbonyl (C=O) groups is 2. The van der Waals surface area contributed by atoms with Crippen molar-refractivity contribution in [1.82, 2.24) is 10.3 Å². The van der Waals surface area contributed by atoms with Crippen molar-refractivity contribution in [2.24, 2.45) is 0 Å². The number of nitrogens with one attached hydrogen (secondary N) is 1. The molecule has 0 aliphatic rings. The molecule has 0 radical (unpaired) electrons. The second-order valence-corrected chi connectivity index (χ2v) is 6.41. The third-order valence-corrected chi connectivity index (χ3v) is 2.98. The van der Waals surface area contributed by atoms with Crippen LogP contribution in [0.2, 0.25) is 5.15 Å². The lowest BCUT2D eigenvalue weighted by atomic mass is 10.1. The van der Waals surface area contributed by atoms with Gasteiger partial charge in [-0.1, -0.05) is 18.0 Å². The topological polar surface area (TPSA) is 68.3 Å². The van der Waals surface area contributed by atoms with E-state index in [1.54, 1.807) is 12.1 Å². The predicted octanol–water partition coefficient (Wildman–Crippen LogP) is 3.37. The van der Waals surface area contributed by atoms with E-state index in [4.69, 9.17) is 16.3 Å². The van der Waals surface area contributed by atoms with E-state index in [9.17, 15) is 9.59 Å². The van der Waals surface area contributed by atoms with E-state index < -0.39 is 5.60 Å². The Labute approximate surface area is 136 Å². The van der Waals surface area contributed by atoms with E-state index in [-0.39, 0.29) is 11.9 Å². The molecule has 0 aliphatic carbocycles. The summed E-state index contributed by atoms with van der Waals surface area (Å²) in [4.78, 5) is 27.1. The quantitative estimate of drug-likeness (QED) is 0.474. The van der Waals surface area contributed by atoms with Gasteiger partial charge in [0.15, 0.2) is 0 Å². The SMILES string of the molecule is CC(C)(C)OC(=O)CCCCCNC(=O)c1ccc(Cl)nc1. The lowest BCUT2D eigenvalue weighted by molar-refractivity contribution is -0.154. The maximum absolute atomic E-state index is 11.8. The van der Waals surface area contributed by atoms with E-state index >= 15 is 0 Å². The number of ether oxygens (including phenoxy) is 1. The molecule has 0 saturated heterocycles. The Kier molecular flexibility index (Phi) is 7.32. The lowest BCUT2D eigenvalue weighted by Gasteiger charge is -2.19. The van der Waals surface area contributed by atoms with E-state index in [1.807, 2.05) is 20.8 Å². The first kappa shape index (κ1) is 18.4. The first-order chi connectivity index (χ1) is 10.3. The van der Waals surface area contributed by atoms with Crippen molar-refractivity contribution in [2.75, 3.05) is 6.54 Å². The summed E-state index contributed by atoms with van der Waals surface area (Å²) in [6.07, 6.45) is 4.29. The van der Waals surface area contributed by atoms with Crippen molar-refractivity contribution in [3.8, 4) is 0 Å². The number of pyridine rings is 1. The summed E-state index contributed by atoms with van der Waals surface area (Å²) >= 11 is 5.66. The molecule has 1 N–H and O–H groups in total. The Morgan fingerprint density at radius 3 is 2.55 bits per heavy atom. The fourth-order valence-corrected chi connectivity index (χ4v) is 1.89. The van der Waals surface area contributed by atoms with Crippen LogP contribution < -0.4 is 5.32 Å². The number of esters is 1. The minimum absolute atomic E-state index is 0.170. The van der Waals surface area contributed by atoms with E-state index in [0.29, 0.717) is 23.7 Å². The van der Waals surface area contributed by atoms with Gasteiger partial charge in [0, 0.05) is 19.2 Å². The van der Waals surface area contributed by atoms with E-state index in [1.165, 1.54) is 6.20 Å². The first-order valence-electron chi connectivity index (χ1n) is 7.39. The maximum Gasteiger partial charge on any atom is 0.306 e. The number of rotatable bonds is 7. The second kappa shape index (κ2) is 8.73. The van der Waals surface area contributed by atoms with Gasteiger partial charge in [0.05, 0.1) is 5.56 Å². The summed E-state index contributed by atoms with van der Waals surface area (Å²) in [5, 5.41) is 3.17. The van der Waals surface area contributed by atoms with Gasteiger partial charge in [-0.2, -0.15) is 0 Å². The van der Waals surface area contributed by atoms with Gasteiger partial charge in [0.1, 0.15) is 10.8 Å². The van der Waals surface area contributed by atoms with Crippen LogP contribution in [0.4, 0.5) is 0 Å². The van der Waals surface area contributed by atoms with Gasteiger partial charge in [-0.05, 0) is 45.7 Å². The number of hydrogen-bond donors (Lipinski definition) is 1. The highest BCUT2D eigenvalue weighted by Crippen LogP contribution is 2.10. The number of nitrogens with zero attached hydrogens (tertiary/aromatic N) is 1. The normalized spacial score (nSPS) is 11.1. The molecule has 6 heteroatoms. The fraction of sp³-hybridized carbons (Fsp3) is 0.562. The molecular weight excluding hydrogens is 304 g/mol. The second-order valence-electron chi connectivity index (χ2n) is 6.02. The van der Waals surface area contributed by atoms with Crippen LogP contribution in [0.15, 0.2) is 18.3 Å². The molecule has 1 heterocycles. The molecule has 22 heavy (non-hydrogen) atoms. The minimum Gasteiger partial charge on any atom is -0.460 e. The molecule has 5 nitrogen and oxygen atoms in total. The summed E-state index contributed by atoms with van der Waals surface area (Å²) in [7, 11) is 0. The third-order valence-electron chi connectivity index (χ3n) is 2.75. The average molecular weight is 327 g/mol. The Morgan fingerprint density at radius 2 is 1.95 bits per heavy atom. The number of amides is 1. The van der Waals surface area contributed by atoms with E-state index in [2.05, 4.69) is 10.3 Å². The monoisotopic (exact) mass is 326 g/mol. The van der Waals surface area contributed by atoms with Crippen molar-refractivity contribution in [3.63, 3.8) is 0 Å². The van der Waals surface area contributed by atoms with Crippen LogP contribution in [0.5, 0.6) is 0 Å². The predicted molar refractivity (Wildman–Crippen MR) is 85.9 cm³/mol.